The molecule has 1 aromatic rings. The number of hydrogen-bond acceptors (Lipinski definition) is 2. The van der Waals surface area contributed by atoms with Gasteiger partial charge in [0.1, 0.15) is 0 Å². The van der Waals surface area contributed by atoms with Gasteiger partial charge in [0.15, 0.2) is 0 Å². The lowest BCUT2D eigenvalue weighted by atomic mass is 10.2. The molecule has 0 fully saturated rings. The van der Waals surface area contributed by atoms with Crippen molar-refractivity contribution in [3.05, 3.63) is 29.8 Å². The average molecular weight is 267 g/mol. The largest absolute Gasteiger partial charge is 0.314 e. The Kier molecular flexibility index (Phi) is 6.58. The molecule has 1 aromatic carbocycles. The Hall–Kier alpha value is -0.670. The van der Waals surface area contributed by atoms with E-state index in [1.54, 1.807) is 0 Å². The van der Waals surface area contributed by atoms with E-state index in [-0.39, 0.29) is 5.25 Å². The molecular weight excluding hydrogens is 242 g/mol. The predicted molar refractivity (Wildman–Crippen MR) is 79.4 cm³/mol. The number of aryl methyl sites for hydroxylation is 1. The summed E-state index contributed by atoms with van der Waals surface area (Å²) in [6.07, 6.45) is 2.08. The van der Waals surface area contributed by atoms with Crippen LogP contribution in [-0.2, 0) is 10.8 Å². The maximum absolute atomic E-state index is 12.4. The Labute approximate surface area is 114 Å². The molecule has 0 aliphatic rings. The van der Waals surface area contributed by atoms with Crippen molar-refractivity contribution in [2.24, 2.45) is 0 Å². The summed E-state index contributed by atoms with van der Waals surface area (Å²) >= 11 is 0. The molecule has 3 heteroatoms. The molecule has 18 heavy (non-hydrogen) atoms. The second-order valence-electron chi connectivity index (χ2n) is 5.02. The van der Waals surface area contributed by atoms with Crippen LogP contribution in [-0.4, -0.2) is 22.0 Å². The lowest BCUT2D eigenvalue weighted by Crippen LogP contribution is -2.31. The van der Waals surface area contributed by atoms with E-state index in [0.29, 0.717) is 6.04 Å². The van der Waals surface area contributed by atoms with Gasteiger partial charge in [0.25, 0.3) is 0 Å². The fourth-order valence-electron chi connectivity index (χ4n) is 2.03. The molecular formula is C15H25NOS. The summed E-state index contributed by atoms with van der Waals surface area (Å²) in [6, 6.07) is 8.43. The van der Waals surface area contributed by atoms with Crippen molar-refractivity contribution in [2.75, 3.05) is 6.54 Å². The molecule has 0 saturated heterocycles. The highest BCUT2D eigenvalue weighted by molar-refractivity contribution is 7.85. The van der Waals surface area contributed by atoms with Crippen LogP contribution in [0.15, 0.2) is 29.2 Å². The first-order valence-corrected chi connectivity index (χ1v) is 7.96. The number of benzene rings is 1. The minimum absolute atomic E-state index is 0.186. The topological polar surface area (TPSA) is 29.1 Å². The van der Waals surface area contributed by atoms with Gasteiger partial charge in [0.05, 0.1) is 10.8 Å². The van der Waals surface area contributed by atoms with Crippen molar-refractivity contribution in [2.45, 2.75) is 56.7 Å². The summed E-state index contributed by atoms with van der Waals surface area (Å²) in [7, 11) is -0.905. The van der Waals surface area contributed by atoms with Gasteiger partial charge in [-0.05, 0) is 50.9 Å². The highest BCUT2D eigenvalue weighted by atomic mass is 32.2. The molecule has 0 aliphatic carbocycles. The van der Waals surface area contributed by atoms with Crippen LogP contribution in [0.2, 0.25) is 0 Å². The van der Waals surface area contributed by atoms with E-state index in [2.05, 4.69) is 26.1 Å². The molecule has 102 valence electrons. The number of hydrogen-bond donors (Lipinski definition) is 1. The maximum atomic E-state index is 12.4. The lowest BCUT2D eigenvalue weighted by molar-refractivity contribution is 0.508. The van der Waals surface area contributed by atoms with Gasteiger partial charge in [-0.15, -0.1) is 0 Å². The summed E-state index contributed by atoms with van der Waals surface area (Å²) in [4.78, 5) is 0.949. The minimum atomic E-state index is -0.905. The molecule has 0 saturated carbocycles. The Morgan fingerprint density at radius 2 is 2.06 bits per heavy atom. The molecule has 0 heterocycles. The molecule has 3 unspecified atom stereocenters. The third kappa shape index (κ3) is 4.91. The van der Waals surface area contributed by atoms with Crippen LogP contribution in [0.5, 0.6) is 0 Å². The van der Waals surface area contributed by atoms with E-state index in [4.69, 9.17) is 0 Å². The fraction of sp³-hybridized carbons (Fsp3) is 0.600. The Balaban J connectivity index is 2.56. The molecule has 0 amide bonds. The van der Waals surface area contributed by atoms with Gasteiger partial charge in [-0.3, -0.25) is 4.21 Å². The Bertz CT molecular complexity index is 392. The summed E-state index contributed by atoms with van der Waals surface area (Å²) in [6.45, 7) is 9.47. The van der Waals surface area contributed by atoms with Crippen LogP contribution in [0, 0.1) is 6.92 Å². The van der Waals surface area contributed by atoms with Crippen LogP contribution >= 0.6 is 0 Å². The Morgan fingerprint density at radius 3 is 2.67 bits per heavy atom. The van der Waals surface area contributed by atoms with E-state index < -0.39 is 10.8 Å². The summed E-state index contributed by atoms with van der Waals surface area (Å²) in [5.41, 5.74) is 1.17. The van der Waals surface area contributed by atoms with Gasteiger partial charge in [-0.2, -0.15) is 0 Å². The van der Waals surface area contributed by atoms with Crippen LogP contribution < -0.4 is 5.32 Å². The molecule has 0 spiro atoms. The zero-order valence-electron chi connectivity index (χ0n) is 11.9. The highest BCUT2D eigenvalue weighted by Gasteiger charge is 2.16. The smallest absolute Gasteiger partial charge is 0.0558 e. The monoisotopic (exact) mass is 267 g/mol. The normalized spacial score (nSPS) is 16.2. The Morgan fingerprint density at radius 1 is 1.33 bits per heavy atom. The molecule has 0 aromatic heterocycles. The van der Waals surface area contributed by atoms with Crippen LogP contribution in [0.25, 0.3) is 0 Å². The van der Waals surface area contributed by atoms with Crippen LogP contribution in [0.4, 0.5) is 0 Å². The van der Waals surface area contributed by atoms with Gasteiger partial charge in [-0.25, -0.2) is 0 Å². The maximum Gasteiger partial charge on any atom is 0.0558 e. The average Bonchev–Trinajstić information content (AvgIpc) is 2.35. The van der Waals surface area contributed by atoms with Crippen molar-refractivity contribution in [1.82, 2.24) is 5.32 Å². The standard InChI is InChI=1S/C15H25NOS/c1-5-9-16-13(3)11-14(4)18(17)15-8-6-7-12(2)10-15/h6-8,10,13-14,16H,5,9,11H2,1-4H3. The van der Waals surface area contributed by atoms with Crippen molar-refractivity contribution in [3.63, 3.8) is 0 Å². The molecule has 3 atom stereocenters. The third-order valence-corrected chi connectivity index (χ3v) is 4.66. The van der Waals surface area contributed by atoms with Crippen molar-refractivity contribution >= 4 is 10.8 Å². The summed E-state index contributed by atoms with van der Waals surface area (Å²) in [5, 5.41) is 3.63. The van der Waals surface area contributed by atoms with Gasteiger partial charge >= 0.3 is 0 Å². The zero-order valence-corrected chi connectivity index (χ0v) is 12.7. The zero-order chi connectivity index (χ0) is 13.5. The van der Waals surface area contributed by atoms with Crippen LogP contribution in [0.3, 0.4) is 0 Å². The minimum Gasteiger partial charge on any atom is -0.314 e. The second kappa shape index (κ2) is 7.70. The number of nitrogens with one attached hydrogen (secondary N) is 1. The van der Waals surface area contributed by atoms with E-state index in [1.807, 2.05) is 31.2 Å². The first-order chi connectivity index (χ1) is 8.54. The quantitative estimate of drug-likeness (QED) is 0.821. The SMILES string of the molecule is CCCNC(C)CC(C)S(=O)c1cccc(C)c1. The predicted octanol–water partition coefficient (Wildman–Crippen LogP) is 3.27. The van der Waals surface area contributed by atoms with Gasteiger partial charge in [0.2, 0.25) is 0 Å². The molecule has 0 aliphatic heterocycles. The van der Waals surface area contributed by atoms with E-state index >= 15 is 0 Å². The molecule has 2 nitrogen and oxygen atoms in total. The van der Waals surface area contributed by atoms with E-state index in [9.17, 15) is 4.21 Å². The first kappa shape index (κ1) is 15.4. The second-order valence-corrected chi connectivity index (χ2v) is 6.89. The number of rotatable bonds is 7. The summed E-state index contributed by atoms with van der Waals surface area (Å²) < 4.78 is 12.4. The van der Waals surface area contributed by atoms with E-state index in [1.165, 1.54) is 5.56 Å². The van der Waals surface area contributed by atoms with Crippen molar-refractivity contribution in [3.8, 4) is 0 Å². The lowest BCUT2D eigenvalue weighted by Gasteiger charge is -2.18. The molecule has 1 N–H and O–H groups in total. The van der Waals surface area contributed by atoms with Crippen LogP contribution in [0.1, 0.15) is 39.2 Å². The van der Waals surface area contributed by atoms with E-state index in [0.717, 1.165) is 24.3 Å². The molecule has 1 rings (SSSR count). The highest BCUT2D eigenvalue weighted by Crippen LogP contribution is 2.16. The summed E-state index contributed by atoms with van der Waals surface area (Å²) in [5.74, 6) is 0. The molecule has 0 radical (unpaired) electrons. The van der Waals surface area contributed by atoms with Crippen molar-refractivity contribution in [1.29, 1.82) is 0 Å². The van der Waals surface area contributed by atoms with Gasteiger partial charge < -0.3 is 5.32 Å². The third-order valence-electron chi connectivity index (χ3n) is 3.02. The fourth-order valence-corrected chi connectivity index (χ4v) is 3.47. The van der Waals surface area contributed by atoms with Gasteiger partial charge in [-0.1, -0.05) is 26.0 Å². The van der Waals surface area contributed by atoms with Crippen molar-refractivity contribution < 1.29 is 4.21 Å². The first-order valence-electron chi connectivity index (χ1n) is 6.75. The van der Waals surface area contributed by atoms with Gasteiger partial charge in [0, 0.05) is 16.2 Å². The molecule has 0 bridgehead atoms.